The first-order chi connectivity index (χ1) is 14.7. The quantitative estimate of drug-likeness (QED) is 0.741. The van der Waals surface area contributed by atoms with Gasteiger partial charge in [0.1, 0.15) is 5.75 Å². The molecule has 1 N–H and O–H groups in total. The highest BCUT2D eigenvalue weighted by Crippen LogP contribution is 2.32. The van der Waals surface area contributed by atoms with Crippen LogP contribution in [0.25, 0.3) is 0 Å². The first-order valence-corrected chi connectivity index (χ1v) is 11.3. The predicted molar refractivity (Wildman–Crippen MR) is 118 cm³/mol. The van der Waals surface area contributed by atoms with Gasteiger partial charge in [0.25, 0.3) is 0 Å². The summed E-state index contributed by atoms with van der Waals surface area (Å²) < 4.78 is 5.35. The zero-order chi connectivity index (χ0) is 20.8. The molecule has 2 aliphatic rings. The number of hydrogen-bond acceptors (Lipinski definition) is 4. The summed E-state index contributed by atoms with van der Waals surface area (Å²) in [6, 6.07) is 14.3. The lowest BCUT2D eigenvalue weighted by Gasteiger charge is -2.36. The molecule has 5 nitrogen and oxygen atoms in total. The van der Waals surface area contributed by atoms with Crippen LogP contribution in [-0.2, 0) is 11.3 Å². The maximum atomic E-state index is 12.9. The summed E-state index contributed by atoms with van der Waals surface area (Å²) in [4.78, 5) is 20.0. The third-order valence-corrected chi connectivity index (χ3v) is 6.67. The van der Waals surface area contributed by atoms with E-state index in [2.05, 4.69) is 39.5 Å². The second-order valence-corrected chi connectivity index (χ2v) is 8.69. The van der Waals surface area contributed by atoms with Crippen LogP contribution in [0, 0.1) is 11.8 Å². The number of benzene rings is 1. The third kappa shape index (κ3) is 5.20. The van der Waals surface area contributed by atoms with Gasteiger partial charge in [-0.05, 0) is 74.5 Å². The van der Waals surface area contributed by atoms with Gasteiger partial charge in [-0.25, -0.2) is 0 Å². The molecule has 1 atom stereocenters. The van der Waals surface area contributed by atoms with E-state index in [1.807, 2.05) is 24.4 Å². The summed E-state index contributed by atoms with van der Waals surface area (Å²) in [5.74, 6) is 1.74. The van der Waals surface area contributed by atoms with Crippen molar-refractivity contribution < 1.29 is 9.53 Å². The van der Waals surface area contributed by atoms with Crippen molar-refractivity contribution >= 4 is 5.91 Å². The van der Waals surface area contributed by atoms with E-state index in [4.69, 9.17) is 4.74 Å². The number of piperidine rings is 1. The monoisotopic (exact) mass is 407 g/mol. The Kier molecular flexibility index (Phi) is 7.00. The highest BCUT2D eigenvalue weighted by atomic mass is 16.5. The molecule has 1 unspecified atom stereocenters. The van der Waals surface area contributed by atoms with Crippen molar-refractivity contribution in [2.24, 2.45) is 11.8 Å². The predicted octanol–water partition coefficient (Wildman–Crippen LogP) is 4.35. The van der Waals surface area contributed by atoms with Gasteiger partial charge in [-0.1, -0.05) is 31.0 Å². The minimum Gasteiger partial charge on any atom is -0.497 e. The Hall–Kier alpha value is -2.40. The molecule has 4 rings (SSSR count). The van der Waals surface area contributed by atoms with Crippen LogP contribution in [0.3, 0.4) is 0 Å². The Morgan fingerprint density at radius 2 is 1.93 bits per heavy atom. The van der Waals surface area contributed by atoms with Gasteiger partial charge in [-0.2, -0.15) is 0 Å². The average Bonchev–Trinajstić information content (AvgIpc) is 3.34. The van der Waals surface area contributed by atoms with Crippen molar-refractivity contribution in [3.8, 4) is 5.75 Å². The van der Waals surface area contributed by atoms with Crippen LogP contribution in [0.15, 0.2) is 48.7 Å². The standard InChI is InChI=1S/C25H33N3O2/c1-30-22-10-6-7-19(17-22)18-28-15-12-20(13-16-28)24(23-11-4-5-14-26-23)27-25(29)21-8-2-3-9-21/h4-7,10-11,14,17,20-21,24H,2-3,8-9,12-13,15-16,18H2,1H3,(H,27,29). The van der Waals surface area contributed by atoms with Gasteiger partial charge in [0.15, 0.2) is 0 Å². The van der Waals surface area contributed by atoms with Gasteiger partial charge >= 0.3 is 0 Å². The van der Waals surface area contributed by atoms with Crippen LogP contribution in [0.5, 0.6) is 5.75 Å². The van der Waals surface area contributed by atoms with Crippen molar-refractivity contribution in [2.45, 2.75) is 51.1 Å². The summed E-state index contributed by atoms with van der Waals surface area (Å²) >= 11 is 0. The molecule has 1 amide bonds. The van der Waals surface area contributed by atoms with Gasteiger partial charge in [0.2, 0.25) is 5.91 Å². The van der Waals surface area contributed by atoms with Crippen LogP contribution in [0.2, 0.25) is 0 Å². The molecule has 0 spiro atoms. The van der Waals surface area contributed by atoms with Crippen LogP contribution >= 0.6 is 0 Å². The Labute approximate surface area is 179 Å². The molecule has 1 aliphatic heterocycles. The number of ether oxygens (including phenoxy) is 1. The van der Waals surface area contributed by atoms with Crippen molar-refractivity contribution in [1.29, 1.82) is 0 Å². The van der Waals surface area contributed by atoms with Gasteiger partial charge in [0.05, 0.1) is 18.8 Å². The lowest BCUT2D eigenvalue weighted by molar-refractivity contribution is -0.126. The van der Waals surface area contributed by atoms with Crippen LogP contribution in [0.1, 0.15) is 55.8 Å². The number of rotatable bonds is 7. The Bertz CT molecular complexity index is 812. The number of nitrogens with zero attached hydrogens (tertiary/aromatic N) is 2. The number of pyridine rings is 1. The zero-order valence-corrected chi connectivity index (χ0v) is 17.9. The summed E-state index contributed by atoms with van der Waals surface area (Å²) in [6.45, 7) is 3.00. The molecule has 1 saturated carbocycles. The van der Waals surface area contributed by atoms with Gasteiger partial charge in [-0.15, -0.1) is 0 Å². The van der Waals surface area contributed by atoms with E-state index in [1.54, 1.807) is 7.11 Å². The maximum absolute atomic E-state index is 12.9. The van der Waals surface area contributed by atoms with Crippen molar-refractivity contribution in [3.63, 3.8) is 0 Å². The number of nitrogens with one attached hydrogen (secondary N) is 1. The number of aromatic nitrogens is 1. The van der Waals surface area contributed by atoms with E-state index in [-0.39, 0.29) is 17.9 Å². The molecule has 2 heterocycles. The van der Waals surface area contributed by atoms with Gasteiger partial charge < -0.3 is 10.1 Å². The van der Waals surface area contributed by atoms with E-state index < -0.39 is 0 Å². The van der Waals surface area contributed by atoms with Gasteiger partial charge in [-0.3, -0.25) is 14.7 Å². The summed E-state index contributed by atoms with van der Waals surface area (Å²) in [5.41, 5.74) is 2.28. The highest BCUT2D eigenvalue weighted by Gasteiger charge is 2.32. The smallest absolute Gasteiger partial charge is 0.223 e. The van der Waals surface area contributed by atoms with E-state index in [0.717, 1.165) is 56.8 Å². The number of carbonyl (C=O) groups excluding carboxylic acids is 1. The van der Waals surface area contributed by atoms with E-state index >= 15 is 0 Å². The highest BCUT2D eigenvalue weighted by molar-refractivity contribution is 5.79. The molecule has 5 heteroatoms. The molecule has 1 saturated heterocycles. The maximum Gasteiger partial charge on any atom is 0.223 e. The van der Waals surface area contributed by atoms with Crippen LogP contribution < -0.4 is 10.1 Å². The SMILES string of the molecule is COc1cccc(CN2CCC(C(NC(=O)C3CCCC3)c3ccccn3)CC2)c1. The van der Waals surface area contributed by atoms with Gasteiger partial charge in [0, 0.05) is 18.7 Å². The second kappa shape index (κ2) is 10.1. The minimum absolute atomic E-state index is 0.0123. The fraction of sp³-hybridized carbons (Fsp3) is 0.520. The fourth-order valence-electron chi connectivity index (χ4n) is 4.93. The first-order valence-electron chi connectivity index (χ1n) is 11.3. The lowest BCUT2D eigenvalue weighted by Crippen LogP contribution is -2.42. The molecular weight excluding hydrogens is 374 g/mol. The lowest BCUT2D eigenvalue weighted by atomic mass is 9.86. The van der Waals surface area contributed by atoms with Crippen molar-refractivity contribution in [1.82, 2.24) is 15.2 Å². The number of likely N-dealkylation sites (tertiary alicyclic amines) is 1. The molecular formula is C25H33N3O2. The molecule has 2 fully saturated rings. The molecule has 1 aliphatic carbocycles. The average molecular weight is 408 g/mol. The Morgan fingerprint density at radius 3 is 2.63 bits per heavy atom. The summed E-state index contributed by atoms with van der Waals surface area (Å²) in [6.07, 6.45) is 8.37. The largest absolute Gasteiger partial charge is 0.497 e. The van der Waals surface area contributed by atoms with E-state index in [1.165, 1.54) is 18.4 Å². The Balaban J connectivity index is 1.39. The number of amides is 1. The minimum atomic E-state index is 0.0123. The number of methoxy groups -OCH3 is 1. The Morgan fingerprint density at radius 1 is 1.13 bits per heavy atom. The molecule has 160 valence electrons. The van der Waals surface area contributed by atoms with Crippen LogP contribution in [0.4, 0.5) is 0 Å². The number of carbonyl (C=O) groups is 1. The molecule has 2 aromatic rings. The summed E-state index contributed by atoms with van der Waals surface area (Å²) in [7, 11) is 1.71. The summed E-state index contributed by atoms with van der Waals surface area (Å²) in [5, 5.41) is 3.39. The fourth-order valence-corrected chi connectivity index (χ4v) is 4.93. The zero-order valence-electron chi connectivity index (χ0n) is 17.9. The van der Waals surface area contributed by atoms with Crippen molar-refractivity contribution in [3.05, 3.63) is 59.9 Å². The third-order valence-electron chi connectivity index (χ3n) is 6.67. The molecule has 1 aromatic heterocycles. The van der Waals surface area contributed by atoms with E-state index in [9.17, 15) is 4.79 Å². The van der Waals surface area contributed by atoms with Crippen LogP contribution in [-0.4, -0.2) is 36.0 Å². The molecule has 0 radical (unpaired) electrons. The second-order valence-electron chi connectivity index (χ2n) is 8.69. The first kappa shape index (κ1) is 20.9. The van der Waals surface area contributed by atoms with Crippen molar-refractivity contribution in [2.75, 3.05) is 20.2 Å². The topological polar surface area (TPSA) is 54.5 Å². The molecule has 30 heavy (non-hydrogen) atoms. The normalized spacial score (nSPS) is 19.5. The number of hydrogen-bond donors (Lipinski definition) is 1. The molecule has 1 aromatic carbocycles. The van der Waals surface area contributed by atoms with E-state index in [0.29, 0.717) is 5.92 Å². The molecule has 0 bridgehead atoms.